The number of aromatic nitrogens is 2. The van der Waals surface area contributed by atoms with E-state index in [9.17, 15) is 0 Å². The van der Waals surface area contributed by atoms with Gasteiger partial charge in [0, 0.05) is 32.0 Å². The molecule has 2 N–H and O–H groups in total. The number of ether oxygens (including phenoxy) is 1. The van der Waals surface area contributed by atoms with Crippen LogP contribution in [0.1, 0.15) is 12.1 Å². The molecule has 0 spiro atoms. The number of nitrogens with one attached hydrogen (secondary N) is 2. The van der Waals surface area contributed by atoms with E-state index in [4.69, 9.17) is 16.3 Å². The zero-order valence-corrected chi connectivity index (χ0v) is 12.9. The second-order valence-corrected chi connectivity index (χ2v) is 5.00. The number of methoxy groups -OCH3 is 1. The van der Waals surface area contributed by atoms with E-state index >= 15 is 0 Å². The van der Waals surface area contributed by atoms with Crippen molar-refractivity contribution < 1.29 is 4.74 Å². The summed E-state index contributed by atoms with van der Waals surface area (Å²) in [6.45, 7) is 3.41. The monoisotopic (exact) mass is 306 g/mol. The Morgan fingerprint density at radius 1 is 1.24 bits per heavy atom. The van der Waals surface area contributed by atoms with Gasteiger partial charge in [0.1, 0.15) is 5.82 Å². The van der Waals surface area contributed by atoms with Crippen LogP contribution < -0.4 is 10.6 Å². The lowest BCUT2D eigenvalue weighted by Crippen LogP contribution is -2.09. The van der Waals surface area contributed by atoms with Crippen molar-refractivity contribution in [2.45, 2.75) is 13.3 Å². The van der Waals surface area contributed by atoms with Gasteiger partial charge >= 0.3 is 0 Å². The summed E-state index contributed by atoms with van der Waals surface area (Å²) in [7, 11) is 1.69. The second kappa shape index (κ2) is 7.81. The summed E-state index contributed by atoms with van der Waals surface area (Å²) in [6.07, 6.45) is 0.904. The Labute approximate surface area is 129 Å². The van der Waals surface area contributed by atoms with Gasteiger partial charge in [-0.15, -0.1) is 0 Å². The highest BCUT2D eigenvalue weighted by Crippen LogP contribution is 2.24. The molecule has 1 aromatic heterocycles. The zero-order chi connectivity index (χ0) is 15.1. The highest BCUT2D eigenvalue weighted by molar-refractivity contribution is 6.33. The standard InChI is InChI=1S/C15H19ClN4O/c1-11-10-14(19-13-7-4-3-6-12(13)16)20-15(18-11)17-8-5-9-21-2/h3-4,6-7,10H,5,8-9H2,1-2H3,(H2,17,18,19,20). The van der Waals surface area contributed by atoms with Crippen LogP contribution in [0.4, 0.5) is 17.5 Å². The third-order valence-electron chi connectivity index (χ3n) is 2.80. The van der Waals surface area contributed by atoms with E-state index in [1.807, 2.05) is 37.3 Å². The SMILES string of the molecule is COCCCNc1nc(C)cc(Nc2ccccc2Cl)n1. The Morgan fingerprint density at radius 3 is 2.81 bits per heavy atom. The fraction of sp³-hybridized carbons (Fsp3) is 0.333. The molecule has 2 rings (SSSR count). The minimum Gasteiger partial charge on any atom is -0.385 e. The van der Waals surface area contributed by atoms with Crippen LogP contribution in [-0.2, 0) is 4.74 Å². The van der Waals surface area contributed by atoms with Gasteiger partial charge in [-0.2, -0.15) is 4.98 Å². The number of para-hydroxylation sites is 1. The van der Waals surface area contributed by atoms with Crippen LogP contribution in [0.25, 0.3) is 0 Å². The van der Waals surface area contributed by atoms with E-state index in [-0.39, 0.29) is 0 Å². The first kappa shape index (κ1) is 15.5. The van der Waals surface area contributed by atoms with Gasteiger partial charge < -0.3 is 15.4 Å². The van der Waals surface area contributed by atoms with Crippen molar-refractivity contribution in [1.29, 1.82) is 0 Å². The average molecular weight is 307 g/mol. The van der Waals surface area contributed by atoms with Crippen LogP contribution in [-0.4, -0.2) is 30.2 Å². The Balaban J connectivity index is 2.06. The van der Waals surface area contributed by atoms with Crippen molar-refractivity contribution >= 4 is 29.1 Å². The molecule has 0 saturated heterocycles. The van der Waals surface area contributed by atoms with Crippen molar-refractivity contribution in [2.75, 3.05) is 30.9 Å². The number of halogens is 1. The van der Waals surface area contributed by atoms with E-state index in [0.717, 1.165) is 24.3 Å². The molecule has 0 bridgehead atoms. The summed E-state index contributed by atoms with van der Waals surface area (Å²) >= 11 is 6.14. The molecule has 0 radical (unpaired) electrons. The van der Waals surface area contributed by atoms with E-state index < -0.39 is 0 Å². The molecule has 0 aliphatic carbocycles. The number of anilines is 3. The third-order valence-corrected chi connectivity index (χ3v) is 3.13. The maximum atomic E-state index is 6.14. The molecule has 0 amide bonds. The van der Waals surface area contributed by atoms with Crippen LogP contribution >= 0.6 is 11.6 Å². The van der Waals surface area contributed by atoms with Crippen LogP contribution in [0.3, 0.4) is 0 Å². The zero-order valence-electron chi connectivity index (χ0n) is 12.2. The molecule has 0 atom stereocenters. The van der Waals surface area contributed by atoms with Gasteiger partial charge in [-0.25, -0.2) is 4.98 Å². The lowest BCUT2D eigenvalue weighted by atomic mass is 10.3. The first-order valence-corrected chi connectivity index (χ1v) is 7.17. The molecule has 0 saturated carbocycles. The molecule has 0 unspecified atom stereocenters. The van der Waals surface area contributed by atoms with Crippen LogP contribution in [0.2, 0.25) is 5.02 Å². The number of rotatable bonds is 7. The van der Waals surface area contributed by atoms with E-state index in [1.165, 1.54) is 0 Å². The van der Waals surface area contributed by atoms with Gasteiger partial charge in [0.25, 0.3) is 0 Å². The fourth-order valence-corrected chi connectivity index (χ4v) is 2.01. The lowest BCUT2D eigenvalue weighted by Gasteiger charge is -2.10. The van der Waals surface area contributed by atoms with Crippen LogP contribution in [0.15, 0.2) is 30.3 Å². The predicted molar refractivity (Wildman–Crippen MR) is 86.5 cm³/mol. The smallest absolute Gasteiger partial charge is 0.224 e. The Kier molecular flexibility index (Phi) is 5.78. The summed E-state index contributed by atoms with van der Waals surface area (Å²) < 4.78 is 5.01. The highest BCUT2D eigenvalue weighted by Gasteiger charge is 2.04. The first-order chi connectivity index (χ1) is 10.2. The molecular weight excluding hydrogens is 288 g/mol. The van der Waals surface area contributed by atoms with Crippen LogP contribution in [0.5, 0.6) is 0 Å². The van der Waals surface area contributed by atoms with Gasteiger partial charge in [-0.3, -0.25) is 0 Å². The minimum atomic E-state index is 0.598. The summed E-state index contributed by atoms with van der Waals surface area (Å²) in [4.78, 5) is 8.79. The largest absolute Gasteiger partial charge is 0.385 e. The Bertz CT molecular complexity index is 592. The summed E-state index contributed by atoms with van der Waals surface area (Å²) in [5, 5.41) is 7.05. The molecule has 112 valence electrons. The first-order valence-electron chi connectivity index (χ1n) is 6.79. The van der Waals surface area contributed by atoms with E-state index in [1.54, 1.807) is 7.11 Å². The number of benzene rings is 1. The van der Waals surface area contributed by atoms with E-state index in [2.05, 4.69) is 20.6 Å². The maximum Gasteiger partial charge on any atom is 0.224 e. The minimum absolute atomic E-state index is 0.598. The van der Waals surface area contributed by atoms with Crippen molar-refractivity contribution in [3.05, 3.63) is 41.0 Å². The molecule has 5 nitrogen and oxygen atoms in total. The van der Waals surface area contributed by atoms with Crippen molar-refractivity contribution in [3.63, 3.8) is 0 Å². The summed E-state index contributed by atoms with van der Waals surface area (Å²) in [6, 6.07) is 9.44. The summed E-state index contributed by atoms with van der Waals surface area (Å²) in [5.74, 6) is 1.31. The number of nitrogens with zero attached hydrogens (tertiary/aromatic N) is 2. The van der Waals surface area contributed by atoms with Crippen molar-refractivity contribution in [1.82, 2.24) is 9.97 Å². The van der Waals surface area contributed by atoms with Crippen LogP contribution in [0, 0.1) is 6.92 Å². The molecule has 1 aromatic carbocycles. The molecule has 2 aromatic rings. The fourth-order valence-electron chi connectivity index (χ4n) is 1.83. The summed E-state index contributed by atoms with van der Waals surface area (Å²) in [5.41, 5.74) is 1.70. The van der Waals surface area contributed by atoms with Gasteiger partial charge in [-0.05, 0) is 25.5 Å². The lowest BCUT2D eigenvalue weighted by molar-refractivity contribution is 0.197. The van der Waals surface area contributed by atoms with Gasteiger partial charge in [0.2, 0.25) is 5.95 Å². The number of aryl methyl sites for hydroxylation is 1. The van der Waals surface area contributed by atoms with Gasteiger partial charge in [-0.1, -0.05) is 23.7 Å². The average Bonchev–Trinajstić information content (AvgIpc) is 2.46. The molecule has 0 aliphatic heterocycles. The Morgan fingerprint density at radius 2 is 2.05 bits per heavy atom. The normalized spacial score (nSPS) is 10.4. The van der Waals surface area contributed by atoms with Gasteiger partial charge in [0.15, 0.2) is 0 Å². The molecule has 6 heteroatoms. The predicted octanol–water partition coefficient (Wildman–Crippen LogP) is 3.63. The molecule has 1 heterocycles. The molecule has 0 fully saturated rings. The quantitative estimate of drug-likeness (QED) is 0.765. The van der Waals surface area contributed by atoms with Crippen molar-refractivity contribution in [3.8, 4) is 0 Å². The number of hydrogen-bond acceptors (Lipinski definition) is 5. The maximum absolute atomic E-state index is 6.14. The molecule has 0 aliphatic rings. The number of hydrogen-bond donors (Lipinski definition) is 2. The third kappa shape index (κ3) is 4.88. The van der Waals surface area contributed by atoms with Crippen molar-refractivity contribution in [2.24, 2.45) is 0 Å². The van der Waals surface area contributed by atoms with E-state index in [0.29, 0.717) is 23.4 Å². The molecular formula is C15H19ClN4O. The van der Waals surface area contributed by atoms with Gasteiger partial charge in [0.05, 0.1) is 10.7 Å². The second-order valence-electron chi connectivity index (χ2n) is 4.60. The topological polar surface area (TPSA) is 59.1 Å². The molecule has 21 heavy (non-hydrogen) atoms. The highest BCUT2D eigenvalue weighted by atomic mass is 35.5. The Hall–Kier alpha value is -1.85.